The summed E-state index contributed by atoms with van der Waals surface area (Å²) in [5.41, 5.74) is 0. The first-order valence-electron chi connectivity index (χ1n) is 6.28. The summed E-state index contributed by atoms with van der Waals surface area (Å²) in [5.74, 6) is 0.206. The van der Waals surface area contributed by atoms with Gasteiger partial charge >= 0.3 is 6.18 Å². The van der Waals surface area contributed by atoms with E-state index < -0.39 is 29.3 Å². The summed E-state index contributed by atoms with van der Waals surface area (Å²) in [5, 5.41) is -0.386. The van der Waals surface area contributed by atoms with Crippen LogP contribution in [0.25, 0.3) is 0 Å². The molecule has 0 fully saturated rings. The average Bonchev–Trinajstić information content (AvgIpc) is 2.70. The van der Waals surface area contributed by atoms with E-state index in [9.17, 15) is 21.6 Å². The van der Waals surface area contributed by atoms with Crippen LogP contribution in [0.5, 0.6) is 0 Å². The van der Waals surface area contributed by atoms with E-state index in [1.54, 1.807) is 11.5 Å². The Bertz CT molecular complexity index is 572. The van der Waals surface area contributed by atoms with Gasteiger partial charge in [-0.3, -0.25) is 0 Å². The molecule has 0 saturated carbocycles. The summed E-state index contributed by atoms with van der Waals surface area (Å²) in [6.45, 7) is 2.04. The van der Waals surface area contributed by atoms with Crippen molar-refractivity contribution in [1.29, 1.82) is 0 Å². The SMILES string of the molecule is CCCn1cc(S(=O)(=O)N(CCCl)CC(F)(F)F)nc1C. The first kappa shape index (κ1) is 18.2. The topological polar surface area (TPSA) is 55.2 Å². The van der Waals surface area contributed by atoms with Gasteiger partial charge in [0.2, 0.25) is 0 Å². The predicted octanol–water partition coefficient (Wildman–Crippen LogP) is 2.39. The van der Waals surface area contributed by atoms with E-state index in [1.165, 1.54) is 6.20 Å². The van der Waals surface area contributed by atoms with Gasteiger partial charge in [0.1, 0.15) is 12.4 Å². The van der Waals surface area contributed by atoms with Gasteiger partial charge in [0.25, 0.3) is 10.0 Å². The highest BCUT2D eigenvalue weighted by atomic mass is 35.5. The van der Waals surface area contributed by atoms with Gasteiger partial charge in [0, 0.05) is 25.2 Å². The fraction of sp³-hybridized carbons (Fsp3) is 0.727. The van der Waals surface area contributed by atoms with Gasteiger partial charge in [-0.05, 0) is 13.3 Å². The quantitative estimate of drug-likeness (QED) is 0.712. The maximum atomic E-state index is 12.5. The molecular formula is C11H17ClF3N3O2S. The third kappa shape index (κ3) is 4.86. The number of halogens is 4. The van der Waals surface area contributed by atoms with Crippen molar-refractivity contribution in [3.63, 3.8) is 0 Å². The van der Waals surface area contributed by atoms with Crippen LogP contribution in [0.15, 0.2) is 11.2 Å². The monoisotopic (exact) mass is 347 g/mol. The number of hydrogen-bond acceptors (Lipinski definition) is 3. The fourth-order valence-electron chi connectivity index (χ4n) is 1.78. The lowest BCUT2D eigenvalue weighted by molar-refractivity contribution is -0.135. The van der Waals surface area contributed by atoms with Crippen LogP contribution >= 0.6 is 11.6 Å². The van der Waals surface area contributed by atoms with Crippen LogP contribution in [-0.4, -0.2) is 47.4 Å². The number of aryl methyl sites for hydroxylation is 2. The van der Waals surface area contributed by atoms with Crippen LogP contribution in [0.3, 0.4) is 0 Å². The lowest BCUT2D eigenvalue weighted by Crippen LogP contribution is -2.40. The van der Waals surface area contributed by atoms with E-state index in [-0.39, 0.29) is 10.9 Å². The van der Waals surface area contributed by atoms with Crippen molar-refractivity contribution in [3.8, 4) is 0 Å². The van der Waals surface area contributed by atoms with Gasteiger partial charge in [-0.2, -0.15) is 17.5 Å². The van der Waals surface area contributed by atoms with E-state index in [2.05, 4.69) is 4.98 Å². The first-order chi connectivity index (χ1) is 9.61. The van der Waals surface area contributed by atoms with Crippen molar-refractivity contribution in [2.45, 2.75) is 38.0 Å². The van der Waals surface area contributed by atoms with Crippen LogP contribution in [0.2, 0.25) is 0 Å². The Balaban J connectivity index is 3.13. The molecule has 0 bridgehead atoms. The highest BCUT2D eigenvalue weighted by Crippen LogP contribution is 2.22. The van der Waals surface area contributed by atoms with Crippen LogP contribution < -0.4 is 0 Å². The number of rotatable bonds is 7. The number of aromatic nitrogens is 2. The molecule has 1 aromatic rings. The van der Waals surface area contributed by atoms with Gasteiger partial charge < -0.3 is 4.57 Å². The van der Waals surface area contributed by atoms with E-state index in [0.717, 1.165) is 6.42 Å². The molecule has 0 atom stereocenters. The summed E-state index contributed by atoms with van der Waals surface area (Å²) in [6.07, 6.45) is -2.63. The zero-order valence-electron chi connectivity index (χ0n) is 11.7. The second kappa shape index (κ2) is 6.97. The summed E-state index contributed by atoms with van der Waals surface area (Å²) in [4.78, 5) is 3.86. The molecule has 0 aliphatic carbocycles. The highest BCUT2D eigenvalue weighted by Gasteiger charge is 2.37. The van der Waals surface area contributed by atoms with Crippen LogP contribution in [0, 0.1) is 6.92 Å². The molecule has 122 valence electrons. The standard InChI is InChI=1S/C11H17ClF3N3O2S/c1-3-5-17-7-10(16-9(17)2)21(19,20)18(6-4-12)8-11(13,14)15/h7H,3-6,8H2,1-2H3. The van der Waals surface area contributed by atoms with Crippen molar-refractivity contribution in [3.05, 3.63) is 12.0 Å². The Morgan fingerprint density at radius 3 is 2.52 bits per heavy atom. The molecule has 0 unspecified atom stereocenters. The van der Waals surface area contributed by atoms with Crippen molar-refractivity contribution in [2.24, 2.45) is 0 Å². The number of hydrogen-bond donors (Lipinski definition) is 0. The normalized spacial score (nSPS) is 13.1. The van der Waals surface area contributed by atoms with E-state index >= 15 is 0 Å². The molecule has 1 heterocycles. The van der Waals surface area contributed by atoms with E-state index in [1.807, 2.05) is 6.92 Å². The molecule has 0 aliphatic rings. The van der Waals surface area contributed by atoms with Gasteiger partial charge in [0.15, 0.2) is 5.03 Å². The molecule has 0 aromatic carbocycles. The molecule has 0 N–H and O–H groups in total. The molecule has 0 radical (unpaired) electrons. The predicted molar refractivity (Wildman–Crippen MR) is 72.8 cm³/mol. The molecule has 0 amide bonds. The highest BCUT2D eigenvalue weighted by molar-refractivity contribution is 7.89. The molecule has 0 aliphatic heterocycles. The molecule has 1 aromatic heterocycles. The zero-order valence-corrected chi connectivity index (χ0v) is 13.3. The van der Waals surface area contributed by atoms with Gasteiger partial charge in [-0.25, -0.2) is 13.4 Å². The largest absolute Gasteiger partial charge is 0.402 e. The molecule has 21 heavy (non-hydrogen) atoms. The summed E-state index contributed by atoms with van der Waals surface area (Å²) >= 11 is 5.41. The van der Waals surface area contributed by atoms with Crippen molar-refractivity contribution < 1.29 is 21.6 Å². The van der Waals surface area contributed by atoms with Gasteiger partial charge in [-0.1, -0.05) is 6.92 Å². The maximum Gasteiger partial charge on any atom is 0.402 e. The minimum atomic E-state index is -4.64. The number of alkyl halides is 4. The minimum absolute atomic E-state index is 0.232. The first-order valence-corrected chi connectivity index (χ1v) is 8.26. The molecule has 10 heteroatoms. The molecule has 5 nitrogen and oxygen atoms in total. The molecule has 0 saturated heterocycles. The second-order valence-corrected chi connectivity index (χ2v) is 6.73. The van der Waals surface area contributed by atoms with E-state index in [4.69, 9.17) is 11.6 Å². The van der Waals surface area contributed by atoms with Crippen molar-refractivity contribution >= 4 is 21.6 Å². The summed E-state index contributed by atoms with van der Waals surface area (Å²) in [7, 11) is -4.32. The Hall–Kier alpha value is -0.800. The Labute approximate surface area is 126 Å². The Morgan fingerprint density at radius 2 is 2.05 bits per heavy atom. The van der Waals surface area contributed by atoms with Crippen molar-refractivity contribution in [2.75, 3.05) is 19.0 Å². The number of nitrogens with zero attached hydrogens (tertiary/aromatic N) is 3. The Kier molecular flexibility index (Phi) is 6.06. The van der Waals surface area contributed by atoms with Crippen molar-refractivity contribution in [1.82, 2.24) is 13.9 Å². The van der Waals surface area contributed by atoms with Crippen LogP contribution in [0.1, 0.15) is 19.2 Å². The number of sulfonamides is 1. The third-order valence-electron chi connectivity index (χ3n) is 2.71. The van der Waals surface area contributed by atoms with Gasteiger partial charge in [-0.15, -0.1) is 11.6 Å². The lowest BCUT2D eigenvalue weighted by Gasteiger charge is -2.21. The summed E-state index contributed by atoms with van der Waals surface area (Å²) in [6, 6.07) is 0. The minimum Gasteiger partial charge on any atom is -0.334 e. The second-order valence-electron chi connectivity index (χ2n) is 4.46. The molecule has 1 rings (SSSR count). The maximum absolute atomic E-state index is 12.5. The zero-order chi connectivity index (χ0) is 16.3. The molecule has 0 spiro atoms. The van der Waals surface area contributed by atoms with Gasteiger partial charge in [0.05, 0.1) is 0 Å². The average molecular weight is 348 g/mol. The lowest BCUT2D eigenvalue weighted by atomic mass is 10.5. The number of imidazole rings is 1. The third-order valence-corrected chi connectivity index (χ3v) is 4.60. The Morgan fingerprint density at radius 1 is 1.43 bits per heavy atom. The summed E-state index contributed by atoms with van der Waals surface area (Å²) < 4.78 is 63.9. The van der Waals surface area contributed by atoms with Crippen LogP contribution in [-0.2, 0) is 16.6 Å². The smallest absolute Gasteiger partial charge is 0.334 e. The van der Waals surface area contributed by atoms with Crippen LogP contribution in [0.4, 0.5) is 13.2 Å². The van der Waals surface area contributed by atoms with E-state index in [0.29, 0.717) is 16.7 Å². The molecular weight excluding hydrogens is 331 g/mol. The fourth-order valence-corrected chi connectivity index (χ4v) is 3.51.